The molecule has 2 rings (SSSR count). The van der Waals surface area contributed by atoms with Crippen molar-refractivity contribution in [1.82, 2.24) is 0 Å². The van der Waals surface area contributed by atoms with Crippen LogP contribution in [0, 0.1) is 5.92 Å². The molecule has 1 fully saturated rings. The third-order valence-corrected chi connectivity index (χ3v) is 4.04. The molecule has 0 aliphatic heterocycles. The van der Waals surface area contributed by atoms with Crippen LogP contribution in [-0.4, -0.2) is 11.6 Å². The molecular weight excluding hydrogens is 236 g/mol. The van der Waals surface area contributed by atoms with Crippen LogP contribution in [0.4, 0.5) is 0 Å². The summed E-state index contributed by atoms with van der Waals surface area (Å²) < 4.78 is 0. The van der Waals surface area contributed by atoms with Gasteiger partial charge in [-0.2, -0.15) is 0 Å². The summed E-state index contributed by atoms with van der Waals surface area (Å²) in [5, 5.41) is 0. The molecule has 1 unspecified atom stereocenters. The summed E-state index contributed by atoms with van der Waals surface area (Å²) in [5.74, 6) is 0.305. The van der Waals surface area contributed by atoms with Gasteiger partial charge in [-0.25, -0.2) is 0 Å². The van der Waals surface area contributed by atoms with Crippen LogP contribution in [0.3, 0.4) is 0 Å². The Kier molecular flexibility index (Phi) is 4.89. The summed E-state index contributed by atoms with van der Waals surface area (Å²) in [7, 11) is 0. The van der Waals surface area contributed by atoms with E-state index in [1.54, 1.807) is 6.92 Å². The van der Waals surface area contributed by atoms with E-state index in [0.717, 1.165) is 31.2 Å². The average molecular weight is 258 g/mol. The predicted molar refractivity (Wildman–Crippen MR) is 76.1 cm³/mol. The van der Waals surface area contributed by atoms with Gasteiger partial charge in [0.1, 0.15) is 11.6 Å². The summed E-state index contributed by atoms with van der Waals surface area (Å²) >= 11 is 0. The van der Waals surface area contributed by atoms with Gasteiger partial charge in [0.15, 0.2) is 0 Å². The maximum atomic E-state index is 12.7. The van der Waals surface area contributed by atoms with Gasteiger partial charge in [-0.3, -0.25) is 9.59 Å². The second-order valence-electron chi connectivity index (χ2n) is 5.61. The highest BCUT2D eigenvalue weighted by atomic mass is 16.1. The molecule has 0 heterocycles. The van der Waals surface area contributed by atoms with Crippen LogP contribution in [-0.2, 0) is 9.59 Å². The normalized spacial score (nSPS) is 17.9. The van der Waals surface area contributed by atoms with Crippen molar-refractivity contribution in [3.8, 4) is 0 Å². The van der Waals surface area contributed by atoms with E-state index in [-0.39, 0.29) is 23.4 Å². The fourth-order valence-corrected chi connectivity index (χ4v) is 3.03. The van der Waals surface area contributed by atoms with Crippen LogP contribution in [0.15, 0.2) is 30.3 Å². The van der Waals surface area contributed by atoms with Gasteiger partial charge in [0, 0.05) is 18.3 Å². The Balaban J connectivity index is 2.17. The van der Waals surface area contributed by atoms with Crippen molar-refractivity contribution < 1.29 is 9.59 Å². The highest BCUT2D eigenvalue weighted by molar-refractivity contribution is 5.92. The van der Waals surface area contributed by atoms with Crippen LogP contribution in [0.25, 0.3) is 0 Å². The van der Waals surface area contributed by atoms with Crippen molar-refractivity contribution in [3.05, 3.63) is 35.9 Å². The lowest BCUT2D eigenvalue weighted by molar-refractivity contribution is -0.128. The van der Waals surface area contributed by atoms with Crippen molar-refractivity contribution >= 4 is 11.6 Å². The van der Waals surface area contributed by atoms with Gasteiger partial charge in [0.2, 0.25) is 0 Å². The Morgan fingerprint density at radius 1 is 1.11 bits per heavy atom. The third kappa shape index (κ3) is 3.76. The highest BCUT2D eigenvalue weighted by Crippen LogP contribution is 2.32. The zero-order valence-electron chi connectivity index (χ0n) is 11.6. The molecule has 0 bridgehead atoms. The second-order valence-corrected chi connectivity index (χ2v) is 5.61. The van der Waals surface area contributed by atoms with E-state index < -0.39 is 0 Å². The predicted octanol–water partition coefficient (Wildman–Crippen LogP) is 3.90. The first kappa shape index (κ1) is 14.0. The summed E-state index contributed by atoms with van der Waals surface area (Å²) in [6, 6.07) is 9.76. The first-order chi connectivity index (χ1) is 9.18. The molecule has 0 aromatic heterocycles. The maximum Gasteiger partial charge on any atom is 0.143 e. The molecule has 1 aromatic rings. The standard InChI is InChI=1S/C17H22O2/c1-13(18)12-16(14-8-4-2-5-9-14)17(19)15-10-6-3-7-11-15/h2,4-5,8-9,15-16H,3,6-7,10-12H2,1H3. The Morgan fingerprint density at radius 3 is 2.32 bits per heavy atom. The molecule has 19 heavy (non-hydrogen) atoms. The van der Waals surface area contributed by atoms with Gasteiger partial charge in [0.05, 0.1) is 0 Å². The molecule has 102 valence electrons. The number of hydrogen-bond acceptors (Lipinski definition) is 2. The van der Waals surface area contributed by atoms with Crippen LogP contribution in [0.1, 0.15) is 56.9 Å². The van der Waals surface area contributed by atoms with E-state index in [9.17, 15) is 9.59 Å². The van der Waals surface area contributed by atoms with Crippen molar-refractivity contribution in [3.63, 3.8) is 0 Å². The number of hydrogen-bond donors (Lipinski definition) is 0. The van der Waals surface area contributed by atoms with E-state index in [0.29, 0.717) is 6.42 Å². The van der Waals surface area contributed by atoms with Gasteiger partial charge in [0.25, 0.3) is 0 Å². The van der Waals surface area contributed by atoms with Gasteiger partial charge in [-0.05, 0) is 25.3 Å². The van der Waals surface area contributed by atoms with E-state index >= 15 is 0 Å². The van der Waals surface area contributed by atoms with Crippen LogP contribution in [0.2, 0.25) is 0 Å². The van der Waals surface area contributed by atoms with Crippen molar-refractivity contribution in [2.45, 2.75) is 51.4 Å². The molecule has 0 radical (unpaired) electrons. The number of rotatable bonds is 5. The molecule has 1 aliphatic rings. The zero-order chi connectivity index (χ0) is 13.7. The summed E-state index contributed by atoms with van der Waals surface area (Å²) in [5.41, 5.74) is 0.994. The lowest BCUT2D eigenvalue weighted by Gasteiger charge is -2.25. The van der Waals surface area contributed by atoms with Crippen molar-refractivity contribution in [2.75, 3.05) is 0 Å². The minimum atomic E-state index is -0.234. The van der Waals surface area contributed by atoms with Gasteiger partial charge >= 0.3 is 0 Å². The SMILES string of the molecule is CC(=O)CC(C(=O)C1CCCCC1)c1ccccc1. The van der Waals surface area contributed by atoms with Gasteiger partial charge < -0.3 is 0 Å². The molecular formula is C17H22O2. The number of benzene rings is 1. The quantitative estimate of drug-likeness (QED) is 0.802. The Labute approximate surface area is 115 Å². The molecule has 2 nitrogen and oxygen atoms in total. The summed E-state index contributed by atoms with van der Waals surface area (Å²) in [4.78, 5) is 24.1. The largest absolute Gasteiger partial charge is 0.300 e. The van der Waals surface area contributed by atoms with Gasteiger partial charge in [-0.1, -0.05) is 49.6 Å². The minimum absolute atomic E-state index is 0.0954. The monoisotopic (exact) mass is 258 g/mol. The molecule has 1 atom stereocenters. The van der Waals surface area contributed by atoms with Crippen molar-refractivity contribution in [1.29, 1.82) is 0 Å². The molecule has 2 heteroatoms. The molecule has 0 spiro atoms. The number of Topliss-reactive ketones (excluding diaryl/α,β-unsaturated/α-hetero) is 2. The van der Waals surface area contributed by atoms with E-state index in [1.807, 2.05) is 30.3 Å². The van der Waals surface area contributed by atoms with E-state index in [2.05, 4.69) is 0 Å². The van der Waals surface area contributed by atoms with Gasteiger partial charge in [-0.15, -0.1) is 0 Å². The molecule has 0 saturated heterocycles. The molecule has 1 saturated carbocycles. The summed E-state index contributed by atoms with van der Waals surface area (Å²) in [6.45, 7) is 1.57. The summed E-state index contributed by atoms with van der Waals surface area (Å²) in [6.07, 6.45) is 5.89. The lowest BCUT2D eigenvalue weighted by atomic mass is 9.78. The average Bonchev–Trinajstić information content (AvgIpc) is 2.46. The number of carbonyl (C=O) groups is 2. The molecule has 1 aliphatic carbocycles. The lowest BCUT2D eigenvalue weighted by Crippen LogP contribution is -2.25. The fraction of sp³-hybridized carbons (Fsp3) is 0.529. The molecule has 1 aromatic carbocycles. The zero-order valence-corrected chi connectivity index (χ0v) is 11.6. The first-order valence-corrected chi connectivity index (χ1v) is 7.26. The van der Waals surface area contributed by atoms with E-state index in [4.69, 9.17) is 0 Å². The van der Waals surface area contributed by atoms with Crippen LogP contribution < -0.4 is 0 Å². The smallest absolute Gasteiger partial charge is 0.143 e. The number of carbonyl (C=O) groups excluding carboxylic acids is 2. The molecule has 0 amide bonds. The highest BCUT2D eigenvalue weighted by Gasteiger charge is 2.29. The Hall–Kier alpha value is -1.44. The third-order valence-electron chi connectivity index (χ3n) is 4.04. The fourth-order valence-electron chi connectivity index (χ4n) is 3.03. The maximum absolute atomic E-state index is 12.7. The van der Waals surface area contributed by atoms with Crippen LogP contribution in [0.5, 0.6) is 0 Å². The second kappa shape index (κ2) is 6.65. The minimum Gasteiger partial charge on any atom is -0.300 e. The first-order valence-electron chi connectivity index (χ1n) is 7.26. The topological polar surface area (TPSA) is 34.1 Å². The van der Waals surface area contributed by atoms with E-state index in [1.165, 1.54) is 6.42 Å². The Bertz CT molecular complexity index is 430. The Morgan fingerprint density at radius 2 is 1.74 bits per heavy atom. The number of ketones is 2. The van der Waals surface area contributed by atoms with Crippen LogP contribution >= 0.6 is 0 Å². The van der Waals surface area contributed by atoms with Crippen molar-refractivity contribution in [2.24, 2.45) is 5.92 Å². The molecule has 0 N–H and O–H groups in total.